The third-order valence-electron chi connectivity index (χ3n) is 6.07. The van der Waals surface area contributed by atoms with E-state index >= 15 is 0 Å². The van der Waals surface area contributed by atoms with Gasteiger partial charge in [-0.25, -0.2) is 0 Å². The maximum absolute atomic E-state index is 2.77. The van der Waals surface area contributed by atoms with Crippen LogP contribution in [0.15, 0.2) is 12.1 Å². The number of likely N-dealkylation sites (N-methyl/N-ethyl adjacent to an activating group) is 1. The minimum absolute atomic E-state index is 0.408. The van der Waals surface area contributed by atoms with Gasteiger partial charge in [0.05, 0.1) is 0 Å². The van der Waals surface area contributed by atoms with Crippen LogP contribution < -0.4 is 0 Å². The van der Waals surface area contributed by atoms with E-state index in [0.717, 1.165) is 6.42 Å². The zero-order valence-corrected chi connectivity index (χ0v) is 16.7. The van der Waals surface area contributed by atoms with Crippen molar-refractivity contribution in [2.75, 3.05) is 26.7 Å². The summed E-state index contributed by atoms with van der Waals surface area (Å²) in [7, 11) is 2.34. The van der Waals surface area contributed by atoms with E-state index in [2.05, 4.69) is 63.6 Å². The highest BCUT2D eigenvalue weighted by Crippen LogP contribution is 2.37. The molecule has 2 aliphatic heterocycles. The fourth-order valence-electron chi connectivity index (χ4n) is 4.75. The van der Waals surface area contributed by atoms with Gasteiger partial charge in [-0.1, -0.05) is 46.8 Å². The van der Waals surface area contributed by atoms with Crippen LogP contribution in [0.3, 0.4) is 0 Å². The summed E-state index contributed by atoms with van der Waals surface area (Å²) in [6, 6.07) is 6.37. The first kappa shape index (κ1) is 17.9. The molecule has 0 aromatic heterocycles. The van der Waals surface area contributed by atoms with E-state index in [1.54, 1.807) is 22.3 Å². The van der Waals surface area contributed by atoms with Crippen LogP contribution in [0.5, 0.6) is 0 Å². The lowest BCUT2D eigenvalue weighted by Gasteiger charge is -2.49. The Hall–Kier alpha value is -0.860. The molecule has 2 heterocycles. The zero-order chi connectivity index (χ0) is 17.5. The summed E-state index contributed by atoms with van der Waals surface area (Å²) in [6.07, 6.45) is 4.84. The van der Waals surface area contributed by atoms with Crippen LogP contribution in [0.4, 0.5) is 0 Å². The molecule has 134 valence electrons. The SMILES string of the molecule is CCc1cc2c(cc1CC)C1CN(C)C(CC(C)(C)C)CN1CC2. The van der Waals surface area contributed by atoms with E-state index in [9.17, 15) is 0 Å². The van der Waals surface area contributed by atoms with Gasteiger partial charge < -0.3 is 4.90 Å². The Morgan fingerprint density at radius 2 is 1.71 bits per heavy atom. The number of piperazine rings is 1. The quantitative estimate of drug-likeness (QED) is 0.808. The predicted molar refractivity (Wildman–Crippen MR) is 104 cm³/mol. The van der Waals surface area contributed by atoms with Gasteiger partial charge >= 0.3 is 0 Å². The van der Waals surface area contributed by atoms with Gasteiger partial charge in [0.15, 0.2) is 0 Å². The Labute approximate surface area is 149 Å². The van der Waals surface area contributed by atoms with E-state index in [1.165, 1.54) is 38.9 Å². The maximum atomic E-state index is 2.77. The van der Waals surface area contributed by atoms with Crippen molar-refractivity contribution in [1.82, 2.24) is 9.80 Å². The first-order valence-electron chi connectivity index (χ1n) is 9.91. The lowest BCUT2D eigenvalue weighted by atomic mass is 9.82. The molecule has 0 radical (unpaired) electrons. The van der Waals surface area contributed by atoms with Crippen molar-refractivity contribution in [1.29, 1.82) is 0 Å². The standard InChI is InChI=1S/C22H36N2/c1-7-16-11-18-9-10-24-14-19(13-22(3,4)5)23(6)15-21(24)20(18)12-17(16)8-2/h11-12,19,21H,7-10,13-15H2,1-6H3. The molecule has 1 aromatic rings. The van der Waals surface area contributed by atoms with Crippen molar-refractivity contribution in [2.45, 2.75) is 72.4 Å². The molecule has 2 unspecified atom stereocenters. The second-order valence-electron chi connectivity index (χ2n) is 9.15. The van der Waals surface area contributed by atoms with Gasteiger partial charge in [-0.15, -0.1) is 0 Å². The van der Waals surface area contributed by atoms with Crippen LogP contribution in [0.1, 0.15) is 69.3 Å². The van der Waals surface area contributed by atoms with E-state index in [0.29, 0.717) is 17.5 Å². The summed E-state index contributed by atoms with van der Waals surface area (Å²) in [5.74, 6) is 0. The van der Waals surface area contributed by atoms with Crippen LogP contribution in [-0.4, -0.2) is 42.5 Å². The summed E-state index contributed by atoms with van der Waals surface area (Å²) >= 11 is 0. The average molecular weight is 329 g/mol. The van der Waals surface area contributed by atoms with Crippen molar-refractivity contribution < 1.29 is 0 Å². The van der Waals surface area contributed by atoms with Crippen molar-refractivity contribution in [2.24, 2.45) is 5.41 Å². The van der Waals surface area contributed by atoms with Crippen LogP contribution in [-0.2, 0) is 19.3 Å². The van der Waals surface area contributed by atoms with E-state index in [-0.39, 0.29) is 0 Å². The van der Waals surface area contributed by atoms with Crippen molar-refractivity contribution in [3.05, 3.63) is 34.4 Å². The van der Waals surface area contributed by atoms with Crippen molar-refractivity contribution in [3.8, 4) is 0 Å². The topological polar surface area (TPSA) is 6.48 Å². The molecule has 3 rings (SSSR count). The molecule has 0 saturated carbocycles. The van der Waals surface area contributed by atoms with Gasteiger partial charge in [-0.05, 0) is 60.4 Å². The highest BCUT2D eigenvalue weighted by atomic mass is 15.3. The normalized spacial score (nSPS) is 25.4. The third-order valence-corrected chi connectivity index (χ3v) is 6.07. The average Bonchev–Trinajstić information content (AvgIpc) is 2.53. The molecule has 24 heavy (non-hydrogen) atoms. The summed E-state index contributed by atoms with van der Waals surface area (Å²) in [4.78, 5) is 5.39. The fraction of sp³-hybridized carbons (Fsp3) is 0.727. The molecule has 1 fully saturated rings. The minimum Gasteiger partial charge on any atom is -0.300 e. The molecule has 0 spiro atoms. The van der Waals surface area contributed by atoms with E-state index in [4.69, 9.17) is 0 Å². The molecule has 0 bridgehead atoms. The molecule has 2 aliphatic rings. The molecule has 2 nitrogen and oxygen atoms in total. The summed E-state index contributed by atoms with van der Waals surface area (Å²) in [5, 5.41) is 0. The molecule has 2 atom stereocenters. The number of hydrogen-bond acceptors (Lipinski definition) is 2. The fourth-order valence-corrected chi connectivity index (χ4v) is 4.75. The Morgan fingerprint density at radius 3 is 2.33 bits per heavy atom. The third kappa shape index (κ3) is 3.55. The van der Waals surface area contributed by atoms with Crippen LogP contribution in [0.25, 0.3) is 0 Å². The summed E-state index contributed by atoms with van der Waals surface area (Å²) in [5.41, 5.74) is 6.78. The second kappa shape index (κ2) is 6.80. The number of benzene rings is 1. The number of hydrogen-bond donors (Lipinski definition) is 0. The molecule has 2 heteroatoms. The maximum Gasteiger partial charge on any atom is 0.0478 e. The minimum atomic E-state index is 0.408. The Bertz CT molecular complexity index is 584. The second-order valence-corrected chi connectivity index (χ2v) is 9.15. The van der Waals surface area contributed by atoms with E-state index < -0.39 is 0 Å². The zero-order valence-electron chi connectivity index (χ0n) is 16.7. The predicted octanol–water partition coefficient (Wildman–Crippen LogP) is 4.46. The van der Waals surface area contributed by atoms with Crippen molar-refractivity contribution in [3.63, 3.8) is 0 Å². The molecular formula is C22H36N2. The van der Waals surface area contributed by atoms with Crippen LogP contribution >= 0.6 is 0 Å². The molecule has 0 aliphatic carbocycles. The smallest absolute Gasteiger partial charge is 0.0478 e. The van der Waals surface area contributed by atoms with Gasteiger partial charge in [0.1, 0.15) is 0 Å². The number of aryl methyl sites for hydroxylation is 2. The molecule has 1 saturated heterocycles. The number of fused-ring (bicyclic) bond motifs is 3. The van der Waals surface area contributed by atoms with Crippen molar-refractivity contribution >= 4 is 0 Å². The van der Waals surface area contributed by atoms with Gasteiger partial charge in [0.25, 0.3) is 0 Å². The molecular weight excluding hydrogens is 292 g/mol. The van der Waals surface area contributed by atoms with Gasteiger partial charge in [-0.3, -0.25) is 4.90 Å². The molecule has 1 aromatic carbocycles. The lowest BCUT2D eigenvalue weighted by Crippen LogP contribution is -2.55. The van der Waals surface area contributed by atoms with Gasteiger partial charge in [0.2, 0.25) is 0 Å². The largest absolute Gasteiger partial charge is 0.300 e. The highest BCUT2D eigenvalue weighted by molar-refractivity contribution is 5.42. The van der Waals surface area contributed by atoms with Crippen LogP contribution in [0.2, 0.25) is 0 Å². The summed E-state index contributed by atoms with van der Waals surface area (Å²) in [6.45, 7) is 15.4. The summed E-state index contributed by atoms with van der Waals surface area (Å²) < 4.78 is 0. The lowest BCUT2D eigenvalue weighted by molar-refractivity contribution is 0.0214. The Morgan fingerprint density at radius 1 is 1.04 bits per heavy atom. The highest BCUT2D eigenvalue weighted by Gasteiger charge is 2.37. The molecule has 0 amide bonds. The monoisotopic (exact) mass is 328 g/mol. The Kier molecular flexibility index (Phi) is 5.09. The first-order chi connectivity index (χ1) is 11.3. The van der Waals surface area contributed by atoms with E-state index in [1.807, 2.05) is 0 Å². The first-order valence-corrected chi connectivity index (χ1v) is 9.91. The molecule has 0 N–H and O–H groups in total. The number of rotatable bonds is 3. The Balaban J connectivity index is 1.86. The van der Waals surface area contributed by atoms with Gasteiger partial charge in [-0.2, -0.15) is 0 Å². The van der Waals surface area contributed by atoms with Gasteiger partial charge in [0, 0.05) is 31.7 Å². The van der Waals surface area contributed by atoms with Crippen LogP contribution in [0, 0.1) is 5.41 Å². The number of nitrogens with zero attached hydrogens (tertiary/aromatic N) is 2.